The van der Waals surface area contributed by atoms with E-state index in [9.17, 15) is 5.26 Å². The van der Waals surface area contributed by atoms with Crippen molar-refractivity contribution in [3.05, 3.63) is 35.2 Å². The summed E-state index contributed by atoms with van der Waals surface area (Å²) < 4.78 is 7.69. The smallest absolute Gasteiger partial charge is 0.163 e. The summed E-state index contributed by atoms with van der Waals surface area (Å²) in [4.78, 5) is 6.55. The second kappa shape index (κ2) is 5.73. The Morgan fingerprint density at radius 1 is 1.41 bits per heavy atom. The van der Waals surface area contributed by atoms with Crippen molar-refractivity contribution in [2.24, 2.45) is 7.05 Å². The molecule has 1 atom stereocenters. The van der Waals surface area contributed by atoms with Gasteiger partial charge in [0.2, 0.25) is 0 Å². The molecule has 1 unspecified atom stereocenters. The highest BCUT2D eigenvalue weighted by atomic mass is 16.5. The van der Waals surface area contributed by atoms with Crippen LogP contribution in [0.2, 0.25) is 0 Å². The van der Waals surface area contributed by atoms with Gasteiger partial charge in [-0.3, -0.25) is 4.98 Å². The van der Waals surface area contributed by atoms with E-state index < -0.39 is 0 Å². The molecule has 0 N–H and O–H groups in total. The Labute approximate surface area is 129 Å². The lowest BCUT2D eigenvalue weighted by Gasteiger charge is -2.34. The van der Waals surface area contributed by atoms with E-state index in [0.29, 0.717) is 18.7 Å². The molecule has 0 aromatic carbocycles. The predicted octanol–water partition coefficient (Wildman–Crippen LogP) is 1.28. The molecule has 7 heteroatoms. The fourth-order valence-electron chi connectivity index (χ4n) is 2.80. The number of nitrogens with zero attached hydrogens (tertiary/aromatic N) is 6. The van der Waals surface area contributed by atoms with E-state index in [1.54, 1.807) is 6.33 Å². The second-order valence-electron chi connectivity index (χ2n) is 5.46. The number of morpholine rings is 1. The van der Waals surface area contributed by atoms with Gasteiger partial charge in [-0.1, -0.05) is 0 Å². The van der Waals surface area contributed by atoms with E-state index >= 15 is 0 Å². The number of rotatable bonds is 2. The lowest BCUT2D eigenvalue weighted by atomic mass is 10.1. The van der Waals surface area contributed by atoms with Gasteiger partial charge in [-0.25, -0.2) is 0 Å². The quantitative estimate of drug-likeness (QED) is 0.831. The number of anilines is 1. The Bertz CT molecular complexity index is 732. The number of hydrogen-bond acceptors (Lipinski definition) is 6. The van der Waals surface area contributed by atoms with Crippen molar-refractivity contribution in [3.63, 3.8) is 0 Å². The molecule has 114 valence electrons. The fraction of sp³-hybridized carbons (Fsp3) is 0.467. The van der Waals surface area contributed by atoms with Crippen LogP contribution in [0.5, 0.6) is 0 Å². The monoisotopic (exact) mass is 298 g/mol. The first-order chi connectivity index (χ1) is 10.6. The van der Waals surface area contributed by atoms with Gasteiger partial charge in [-0.2, -0.15) is 5.26 Å². The molecule has 2 aromatic rings. The molecular formula is C15H18N6O. The largest absolute Gasteiger partial charge is 0.367 e. The Kier molecular flexibility index (Phi) is 3.77. The van der Waals surface area contributed by atoms with Crippen molar-refractivity contribution in [2.45, 2.75) is 20.0 Å². The Hall–Kier alpha value is -2.46. The maximum atomic E-state index is 9.44. The second-order valence-corrected chi connectivity index (χ2v) is 5.46. The fourth-order valence-corrected chi connectivity index (χ4v) is 2.80. The minimum Gasteiger partial charge on any atom is -0.367 e. The van der Waals surface area contributed by atoms with Crippen LogP contribution in [0.3, 0.4) is 0 Å². The predicted molar refractivity (Wildman–Crippen MR) is 80.3 cm³/mol. The number of aryl methyl sites for hydroxylation is 3. The van der Waals surface area contributed by atoms with Gasteiger partial charge in [0.25, 0.3) is 0 Å². The van der Waals surface area contributed by atoms with Gasteiger partial charge < -0.3 is 14.2 Å². The van der Waals surface area contributed by atoms with Gasteiger partial charge in [0.15, 0.2) is 5.82 Å². The van der Waals surface area contributed by atoms with Gasteiger partial charge in [-0.05, 0) is 19.9 Å². The maximum Gasteiger partial charge on any atom is 0.163 e. The van der Waals surface area contributed by atoms with Gasteiger partial charge in [-0.15, -0.1) is 10.2 Å². The standard InChI is InChI=1S/C15H18N6O/c1-10-6-13(12(7-16)11(2)18-10)21-4-5-22-14(8-21)15-19-17-9-20(15)3/h6,9,14H,4-5,8H2,1-3H3. The van der Waals surface area contributed by atoms with E-state index in [2.05, 4.69) is 26.2 Å². The molecule has 1 saturated heterocycles. The molecule has 3 heterocycles. The molecule has 1 aliphatic heterocycles. The highest BCUT2D eigenvalue weighted by Gasteiger charge is 2.27. The lowest BCUT2D eigenvalue weighted by Crippen LogP contribution is -2.39. The summed E-state index contributed by atoms with van der Waals surface area (Å²) in [7, 11) is 1.90. The van der Waals surface area contributed by atoms with Crippen molar-refractivity contribution < 1.29 is 4.74 Å². The maximum absolute atomic E-state index is 9.44. The molecular weight excluding hydrogens is 280 g/mol. The van der Waals surface area contributed by atoms with E-state index in [0.717, 1.165) is 29.4 Å². The highest BCUT2D eigenvalue weighted by Crippen LogP contribution is 2.28. The molecule has 0 amide bonds. The SMILES string of the molecule is Cc1cc(N2CCOC(c3nncn3C)C2)c(C#N)c(C)n1. The topological polar surface area (TPSA) is 79.9 Å². The number of nitriles is 1. The summed E-state index contributed by atoms with van der Waals surface area (Å²) in [5.74, 6) is 0.797. The number of pyridine rings is 1. The van der Waals surface area contributed by atoms with Gasteiger partial charge in [0.05, 0.1) is 30.1 Å². The molecule has 7 nitrogen and oxygen atoms in total. The first-order valence-corrected chi connectivity index (χ1v) is 7.19. The first-order valence-electron chi connectivity index (χ1n) is 7.19. The molecule has 0 aliphatic carbocycles. The zero-order chi connectivity index (χ0) is 15.7. The average molecular weight is 298 g/mol. The average Bonchev–Trinajstić information content (AvgIpc) is 2.93. The zero-order valence-corrected chi connectivity index (χ0v) is 12.9. The highest BCUT2D eigenvalue weighted by molar-refractivity contribution is 5.62. The first kappa shape index (κ1) is 14.5. The van der Waals surface area contributed by atoms with Crippen LogP contribution >= 0.6 is 0 Å². The Morgan fingerprint density at radius 2 is 2.23 bits per heavy atom. The van der Waals surface area contributed by atoms with Crippen LogP contribution in [-0.4, -0.2) is 39.4 Å². The summed E-state index contributed by atoms with van der Waals surface area (Å²) in [5, 5.41) is 17.5. The van der Waals surface area contributed by atoms with Gasteiger partial charge >= 0.3 is 0 Å². The van der Waals surface area contributed by atoms with Crippen LogP contribution in [0, 0.1) is 25.2 Å². The van der Waals surface area contributed by atoms with Crippen molar-refractivity contribution >= 4 is 5.69 Å². The van der Waals surface area contributed by atoms with Crippen LogP contribution in [0.25, 0.3) is 0 Å². The summed E-state index contributed by atoms with van der Waals surface area (Å²) in [6, 6.07) is 4.23. The molecule has 1 aliphatic rings. The van der Waals surface area contributed by atoms with Crippen molar-refractivity contribution in [1.29, 1.82) is 5.26 Å². The summed E-state index contributed by atoms with van der Waals surface area (Å²) in [6.45, 7) is 5.78. The molecule has 1 fully saturated rings. The molecule has 22 heavy (non-hydrogen) atoms. The molecule has 0 spiro atoms. The normalized spacial score (nSPS) is 18.3. The third-order valence-corrected chi connectivity index (χ3v) is 3.86. The summed E-state index contributed by atoms with van der Waals surface area (Å²) in [6.07, 6.45) is 1.51. The van der Waals surface area contributed by atoms with Crippen molar-refractivity contribution in [1.82, 2.24) is 19.7 Å². The number of hydrogen-bond donors (Lipinski definition) is 0. The minimum absolute atomic E-state index is 0.151. The summed E-state index contributed by atoms with van der Waals surface area (Å²) in [5.41, 5.74) is 3.22. The third kappa shape index (κ3) is 2.53. The van der Waals surface area contributed by atoms with Crippen LogP contribution in [0.15, 0.2) is 12.4 Å². The molecule has 0 bridgehead atoms. The molecule has 0 saturated carbocycles. The zero-order valence-electron chi connectivity index (χ0n) is 12.9. The van der Waals surface area contributed by atoms with E-state index in [1.165, 1.54) is 0 Å². The van der Waals surface area contributed by atoms with Crippen LogP contribution < -0.4 is 4.90 Å². The van der Waals surface area contributed by atoms with Crippen molar-refractivity contribution in [3.8, 4) is 6.07 Å². The van der Waals surface area contributed by atoms with Gasteiger partial charge in [0, 0.05) is 19.3 Å². The Balaban J connectivity index is 1.93. The third-order valence-electron chi connectivity index (χ3n) is 3.86. The van der Waals surface area contributed by atoms with E-state index in [4.69, 9.17) is 4.74 Å². The number of aromatic nitrogens is 4. The van der Waals surface area contributed by atoms with E-state index in [1.807, 2.05) is 31.5 Å². The number of ether oxygens (including phenoxy) is 1. The molecule has 0 radical (unpaired) electrons. The Morgan fingerprint density at radius 3 is 2.91 bits per heavy atom. The van der Waals surface area contributed by atoms with Gasteiger partial charge in [0.1, 0.15) is 18.5 Å². The van der Waals surface area contributed by atoms with Crippen LogP contribution in [-0.2, 0) is 11.8 Å². The summed E-state index contributed by atoms with van der Waals surface area (Å²) >= 11 is 0. The molecule has 3 rings (SSSR count). The van der Waals surface area contributed by atoms with E-state index in [-0.39, 0.29) is 6.10 Å². The molecule has 2 aromatic heterocycles. The lowest BCUT2D eigenvalue weighted by molar-refractivity contribution is 0.0321. The van der Waals surface area contributed by atoms with Crippen LogP contribution in [0.1, 0.15) is 28.9 Å². The van der Waals surface area contributed by atoms with Crippen molar-refractivity contribution in [2.75, 3.05) is 24.6 Å². The minimum atomic E-state index is -0.151. The van der Waals surface area contributed by atoms with Crippen LogP contribution in [0.4, 0.5) is 5.69 Å².